The summed E-state index contributed by atoms with van der Waals surface area (Å²) in [5, 5.41) is 0.359. The van der Waals surface area contributed by atoms with Gasteiger partial charge in [0.25, 0.3) is 0 Å². The Morgan fingerprint density at radius 2 is 1.95 bits per heavy atom. The van der Waals surface area contributed by atoms with Crippen LogP contribution in [0, 0.1) is 12.7 Å². The molecule has 0 saturated heterocycles. The van der Waals surface area contributed by atoms with Crippen LogP contribution in [0.1, 0.15) is 21.5 Å². The van der Waals surface area contributed by atoms with Gasteiger partial charge in [-0.3, -0.25) is 4.79 Å². The second-order valence-corrected chi connectivity index (χ2v) is 5.54. The van der Waals surface area contributed by atoms with E-state index in [1.807, 2.05) is 6.92 Å². The molecule has 0 amide bonds. The Labute approximate surface area is 129 Å². The van der Waals surface area contributed by atoms with Crippen LogP contribution in [-0.4, -0.2) is 12.9 Å². The van der Waals surface area contributed by atoms with E-state index in [0.29, 0.717) is 10.6 Å². The van der Waals surface area contributed by atoms with E-state index in [1.54, 1.807) is 18.2 Å². The molecule has 0 heterocycles. The number of methoxy groups -OCH3 is 1. The topological polar surface area (TPSA) is 26.3 Å². The summed E-state index contributed by atoms with van der Waals surface area (Å²) in [6, 6.07) is 7.72. The van der Waals surface area contributed by atoms with Gasteiger partial charge in [-0.15, -0.1) is 0 Å². The Bertz CT molecular complexity index is 686. The van der Waals surface area contributed by atoms with E-state index in [1.165, 1.54) is 19.2 Å². The maximum Gasteiger partial charge on any atom is 0.198 e. The third-order valence-electron chi connectivity index (χ3n) is 2.86. The van der Waals surface area contributed by atoms with Crippen molar-refractivity contribution in [2.45, 2.75) is 6.92 Å². The van der Waals surface area contributed by atoms with Gasteiger partial charge in [-0.25, -0.2) is 4.39 Å². The third-order valence-corrected chi connectivity index (χ3v) is 3.78. The highest BCUT2D eigenvalue weighted by molar-refractivity contribution is 9.10. The summed E-state index contributed by atoms with van der Waals surface area (Å²) >= 11 is 9.16. The molecule has 104 valence electrons. The number of ketones is 1. The summed E-state index contributed by atoms with van der Waals surface area (Å²) in [4.78, 5) is 12.5. The van der Waals surface area contributed by atoms with Crippen LogP contribution in [0.15, 0.2) is 34.8 Å². The Hall–Kier alpha value is -1.39. The van der Waals surface area contributed by atoms with E-state index in [4.69, 9.17) is 16.3 Å². The molecule has 2 aromatic rings. The molecule has 2 nitrogen and oxygen atoms in total. The summed E-state index contributed by atoms with van der Waals surface area (Å²) in [5.74, 6) is -0.631. The molecule has 0 aliphatic rings. The van der Waals surface area contributed by atoms with Gasteiger partial charge in [0.1, 0.15) is 11.6 Å². The number of ether oxygens (including phenoxy) is 1. The SMILES string of the molecule is COc1cc(F)c(Br)cc1C(=O)c1ccc(C)cc1Cl. The highest BCUT2D eigenvalue weighted by Crippen LogP contribution is 2.30. The monoisotopic (exact) mass is 356 g/mol. The second-order valence-electron chi connectivity index (χ2n) is 4.28. The van der Waals surface area contributed by atoms with Crippen LogP contribution in [-0.2, 0) is 0 Å². The normalized spacial score (nSPS) is 10.4. The van der Waals surface area contributed by atoms with Crippen molar-refractivity contribution in [2.24, 2.45) is 0 Å². The van der Waals surface area contributed by atoms with E-state index in [2.05, 4.69) is 15.9 Å². The maximum atomic E-state index is 13.5. The highest BCUT2D eigenvalue weighted by atomic mass is 79.9. The Morgan fingerprint density at radius 3 is 2.55 bits per heavy atom. The van der Waals surface area contributed by atoms with Gasteiger partial charge >= 0.3 is 0 Å². The molecule has 2 rings (SSSR count). The molecule has 0 aromatic heterocycles. The molecule has 0 saturated carbocycles. The van der Waals surface area contributed by atoms with E-state index in [-0.39, 0.29) is 21.6 Å². The van der Waals surface area contributed by atoms with Gasteiger partial charge in [-0.1, -0.05) is 17.7 Å². The van der Waals surface area contributed by atoms with Crippen LogP contribution in [0.4, 0.5) is 4.39 Å². The van der Waals surface area contributed by atoms with Gasteiger partial charge in [-0.2, -0.15) is 0 Å². The minimum Gasteiger partial charge on any atom is -0.496 e. The lowest BCUT2D eigenvalue weighted by atomic mass is 10.0. The number of aryl methyl sites for hydroxylation is 1. The first-order valence-corrected chi connectivity index (χ1v) is 6.95. The van der Waals surface area contributed by atoms with Crippen LogP contribution in [0.3, 0.4) is 0 Å². The summed E-state index contributed by atoms with van der Waals surface area (Å²) in [7, 11) is 1.39. The smallest absolute Gasteiger partial charge is 0.198 e. The van der Waals surface area contributed by atoms with Crippen LogP contribution >= 0.6 is 27.5 Å². The van der Waals surface area contributed by atoms with Crippen LogP contribution in [0.2, 0.25) is 5.02 Å². The first kappa shape index (κ1) is 15.0. The van der Waals surface area contributed by atoms with Crippen molar-refractivity contribution >= 4 is 33.3 Å². The molecule has 0 N–H and O–H groups in total. The third kappa shape index (κ3) is 2.86. The summed E-state index contributed by atoms with van der Waals surface area (Å²) in [5.41, 5.74) is 1.57. The minimum atomic E-state index is -0.492. The van der Waals surface area contributed by atoms with Gasteiger partial charge < -0.3 is 4.74 Å². The van der Waals surface area contributed by atoms with Crippen molar-refractivity contribution in [2.75, 3.05) is 7.11 Å². The minimum absolute atomic E-state index is 0.173. The zero-order valence-corrected chi connectivity index (χ0v) is 13.2. The standard InChI is InChI=1S/C15H11BrClFO2/c1-8-3-4-9(12(17)5-8)15(19)10-6-11(16)13(18)7-14(10)20-2/h3-7H,1-2H3. The van der Waals surface area contributed by atoms with Gasteiger partial charge in [0.05, 0.1) is 22.2 Å². The fourth-order valence-electron chi connectivity index (χ4n) is 1.82. The number of hydrogen-bond acceptors (Lipinski definition) is 2. The Kier molecular flexibility index (Phi) is 4.45. The molecular weight excluding hydrogens is 347 g/mol. The Balaban J connectivity index is 2.55. The number of carbonyl (C=O) groups is 1. The van der Waals surface area contributed by atoms with Crippen molar-refractivity contribution in [3.05, 3.63) is 62.3 Å². The number of halogens is 3. The second kappa shape index (κ2) is 5.94. The predicted molar refractivity (Wildman–Crippen MR) is 80.3 cm³/mol. The summed E-state index contributed by atoms with van der Waals surface area (Å²) in [6.07, 6.45) is 0. The molecule has 0 aliphatic heterocycles. The largest absolute Gasteiger partial charge is 0.496 e. The average Bonchev–Trinajstić information content (AvgIpc) is 2.40. The first-order chi connectivity index (χ1) is 9.43. The lowest BCUT2D eigenvalue weighted by Gasteiger charge is -2.10. The lowest BCUT2D eigenvalue weighted by molar-refractivity contribution is 0.103. The molecule has 5 heteroatoms. The van der Waals surface area contributed by atoms with Crippen LogP contribution < -0.4 is 4.74 Å². The molecular formula is C15H11BrClFO2. The number of hydrogen-bond donors (Lipinski definition) is 0. The van der Waals surface area contributed by atoms with Gasteiger partial charge in [0.2, 0.25) is 0 Å². The number of benzene rings is 2. The molecule has 0 aliphatic carbocycles. The fraction of sp³-hybridized carbons (Fsp3) is 0.133. The quantitative estimate of drug-likeness (QED) is 0.738. The number of rotatable bonds is 3. The average molecular weight is 358 g/mol. The van der Waals surface area contributed by atoms with Crippen molar-refractivity contribution in [1.29, 1.82) is 0 Å². The highest BCUT2D eigenvalue weighted by Gasteiger charge is 2.19. The lowest BCUT2D eigenvalue weighted by Crippen LogP contribution is -2.06. The molecule has 20 heavy (non-hydrogen) atoms. The molecule has 0 unspecified atom stereocenters. The first-order valence-electron chi connectivity index (χ1n) is 5.78. The van der Waals surface area contributed by atoms with Gasteiger partial charge in [0.15, 0.2) is 5.78 Å². The maximum absolute atomic E-state index is 13.5. The molecule has 0 fully saturated rings. The molecule has 0 atom stereocenters. The summed E-state index contributed by atoms with van der Waals surface area (Å²) < 4.78 is 18.7. The van der Waals surface area contributed by atoms with Crippen molar-refractivity contribution < 1.29 is 13.9 Å². The molecule has 0 spiro atoms. The van der Waals surface area contributed by atoms with Crippen molar-refractivity contribution in [3.63, 3.8) is 0 Å². The van der Waals surface area contributed by atoms with Crippen LogP contribution in [0.25, 0.3) is 0 Å². The zero-order valence-electron chi connectivity index (χ0n) is 10.8. The van der Waals surface area contributed by atoms with E-state index in [9.17, 15) is 9.18 Å². The molecule has 0 radical (unpaired) electrons. The summed E-state index contributed by atoms with van der Waals surface area (Å²) in [6.45, 7) is 1.88. The van der Waals surface area contributed by atoms with Gasteiger partial charge in [0, 0.05) is 11.6 Å². The number of carbonyl (C=O) groups excluding carboxylic acids is 1. The predicted octanol–water partition coefficient (Wildman–Crippen LogP) is 4.79. The van der Waals surface area contributed by atoms with E-state index >= 15 is 0 Å². The zero-order chi connectivity index (χ0) is 14.9. The van der Waals surface area contributed by atoms with E-state index < -0.39 is 5.82 Å². The molecule has 2 aromatic carbocycles. The van der Waals surface area contributed by atoms with E-state index in [0.717, 1.165) is 5.56 Å². The van der Waals surface area contributed by atoms with Crippen molar-refractivity contribution in [1.82, 2.24) is 0 Å². The molecule has 0 bridgehead atoms. The van der Waals surface area contributed by atoms with Crippen LogP contribution in [0.5, 0.6) is 5.75 Å². The van der Waals surface area contributed by atoms with Gasteiger partial charge in [-0.05, 0) is 46.6 Å². The van der Waals surface area contributed by atoms with Crippen molar-refractivity contribution in [3.8, 4) is 5.75 Å². The Morgan fingerprint density at radius 1 is 1.25 bits per heavy atom. The fourth-order valence-corrected chi connectivity index (χ4v) is 2.49.